The van der Waals surface area contributed by atoms with Crippen molar-refractivity contribution in [2.24, 2.45) is 5.92 Å². The number of aliphatic hydroxyl groups is 2. The van der Waals surface area contributed by atoms with E-state index < -0.39 is 12.2 Å². The average molecular weight is 378 g/mol. The van der Waals surface area contributed by atoms with Gasteiger partial charge in [0.15, 0.2) is 0 Å². The molecule has 5 atom stereocenters. The molecule has 0 aromatic carbocycles. The van der Waals surface area contributed by atoms with Gasteiger partial charge in [0.05, 0.1) is 24.9 Å². The van der Waals surface area contributed by atoms with Crippen molar-refractivity contribution in [1.82, 2.24) is 24.0 Å². The number of hydrogen-bond acceptors (Lipinski definition) is 5. The first kappa shape index (κ1) is 21.6. The highest BCUT2D eigenvalue weighted by atomic mass is 16.3. The Balaban J connectivity index is 2.42. The fourth-order valence-electron chi connectivity index (χ4n) is 3.83. The van der Waals surface area contributed by atoms with E-state index in [2.05, 4.69) is 28.7 Å². The van der Waals surface area contributed by atoms with Crippen molar-refractivity contribution in [3.05, 3.63) is 37.4 Å². The van der Waals surface area contributed by atoms with Gasteiger partial charge in [0.2, 0.25) is 0 Å². The monoisotopic (exact) mass is 377 g/mol. The van der Waals surface area contributed by atoms with E-state index in [1.807, 2.05) is 21.5 Å². The molecule has 0 aliphatic heterocycles. The molecular formula is C20H35N5O2. The van der Waals surface area contributed by atoms with Gasteiger partial charge in [-0.15, -0.1) is 0 Å². The van der Waals surface area contributed by atoms with E-state index in [1.165, 1.54) is 12.8 Å². The SMILES string of the molecule is CCCCC(CC)CN(C(C(C)O)n1ccnc1)C(C(C)O)n1ccnc1. The topological polar surface area (TPSA) is 79.3 Å². The van der Waals surface area contributed by atoms with Crippen LogP contribution in [0.3, 0.4) is 0 Å². The molecule has 27 heavy (non-hydrogen) atoms. The molecule has 2 aromatic rings. The molecule has 5 unspecified atom stereocenters. The Kier molecular flexibility index (Phi) is 8.47. The second-order valence-corrected chi connectivity index (χ2v) is 7.44. The molecule has 7 nitrogen and oxygen atoms in total. The summed E-state index contributed by atoms with van der Waals surface area (Å²) >= 11 is 0. The van der Waals surface area contributed by atoms with E-state index in [9.17, 15) is 10.2 Å². The normalized spacial score (nSPS) is 17.6. The Hall–Kier alpha value is -1.70. The van der Waals surface area contributed by atoms with Gasteiger partial charge < -0.3 is 19.3 Å². The Morgan fingerprint density at radius 3 is 1.78 bits per heavy atom. The van der Waals surface area contributed by atoms with E-state index in [0.717, 1.165) is 19.4 Å². The van der Waals surface area contributed by atoms with Gasteiger partial charge >= 0.3 is 0 Å². The third-order valence-electron chi connectivity index (χ3n) is 5.22. The molecule has 2 rings (SSSR count). The minimum absolute atomic E-state index is 0.329. The average Bonchev–Trinajstić information content (AvgIpc) is 3.32. The maximum Gasteiger partial charge on any atom is 0.115 e. The summed E-state index contributed by atoms with van der Waals surface area (Å²) in [7, 11) is 0. The number of nitrogens with zero attached hydrogens (tertiary/aromatic N) is 5. The minimum atomic E-state index is -0.632. The van der Waals surface area contributed by atoms with Gasteiger partial charge in [0.1, 0.15) is 12.3 Å². The highest BCUT2D eigenvalue weighted by molar-refractivity contribution is 4.90. The Labute approximate surface area is 162 Å². The maximum absolute atomic E-state index is 10.6. The molecule has 0 saturated carbocycles. The molecule has 152 valence electrons. The van der Waals surface area contributed by atoms with Crippen molar-refractivity contribution >= 4 is 0 Å². The standard InChI is InChI=1S/C20H35N5O2/c1-5-7-8-18(6-2)13-25(19(16(3)26)23-11-9-21-14-23)20(17(4)27)24-12-10-22-15-24/h9-12,14-20,26-27H,5-8,13H2,1-4H3. The summed E-state index contributed by atoms with van der Waals surface area (Å²) in [5.41, 5.74) is 0. The van der Waals surface area contributed by atoms with Crippen LogP contribution in [0.1, 0.15) is 65.7 Å². The van der Waals surface area contributed by atoms with Crippen molar-refractivity contribution in [3.8, 4) is 0 Å². The summed E-state index contributed by atoms with van der Waals surface area (Å²) in [5.74, 6) is 0.486. The fraction of sp³-hybridized carbons (Fsp3) is 0.700. The molecule has 0 bridgehead atoms. The highest BCUT2D eigenvalue weighted by Gasteiger charge is 2.35. The lowest BCUT2D eigenvalue weighted by atomic mass is 9.97. The van der Waals surface area contributed by atoms with Crippen LogP contribution in [-0.4, -0.2) is 53.0 Å². The molecule has 7 heteroatoms. The van der Waals surface area contributed by atoms with Crippen LogP contribution in [0, 0.1) is 5.92 Å². The van der Waals surface area contributed by atoms with Crippen molar-refractivity contribution in [2.45, 2.75) is 77.9 Å². The third kappa shape index (κ3) is 5.64. The van der Waals surface area contributed by atoms with E-state index in [1.54, 1.807) is 38.9 Å². The number of rotatable bonds is 12. The van der Waals surface area contributed by atoms with E-state index in [4.69, 9.17) is 0 Å². The number of aliphatic hydroxyl groups excluding tert-OH is 2. The van der Waals surface area contributed by atoms with Gasteiger partial charge in [-0.2, -0.15) is 0 Å². The first-order chi connectivity index (χ1) is 13.0. The van der Waals surface area contributed by atoms with Crippen molar-refractivity contribution in [3.63, 3.8) is 0 Å². The molecule has 0 aliphatic rings. The van der Waals surface area contributed by atoms with Crippen molar-refractivity contribution in [2.75, 3.05) is 6.54 Å². The first-order valence-corrected chi connectivity index (χ1v) is 10.1. The zero-order chi connectivity index (χ0) is 19.8. The van der Waals surface area contributed by atoms with E-state index in [0.29, 0.717) is 5.92 Å². The fourth-order valence-corrected chi connectivity index (χ4v) is 3.83. The third-order valence-corrected chi connectivity index (χ3v) is 5.22. The van der Waals surface area contributed by atoms with Crippen LogP contribution in [0.15, 0.2) is 37.4 Å². The smallest absolute Gasteiger partial charge is 0.115 e. The lowest BCUT2D eigenvalue weighted by molar-refractivity contribution is -0.0779. The molecule has 2 aromatic heterocycles. The Morgan fingerprint density at radius 2 is 1.44 bits per heavy atom. The van der Waals surface area contributed by atoms with Crippen LogP contribution >= 0.6 is 0 Å². The van der Waals surface area contributed by atoms with Crippen LogP contribution < -0.4 is 0 Å². The summed E-state index contributed by atoms with van der Waals surface area (Å²) in [6, 6.07) is 0. The van der Waals surface area contributed by atoms with Crippen molar-refractivity contribution < 1.29 is 10.2 Å². The molecule has 0 aliphatic carbocycles. The summed E-state index contributed by atoms with van der Waals surface area (Å²) in [6.45, 7) is 8.77. The lowest BCUT2D eigenvalue weighted by Gasteiger charge is -2.43. The highest BCUT2D eigenvalue weighted by Crippen LogP contribution is 2.31. The van der Waals surface area contributed by atoms with Gasteiger partial charge in [0.25, 0.3) is 0 Å². The maximum atomic E-state index is 10.6. The van der Waals surface area contributed by atoms with Gasteiger partial charge in [-0.05, 0) is 26.2 Å². The summed E-state index contributed by atoms with van der Waals surface area (Å²) in [6.07, 6.45) is 13.2. The predicted octanol–water partition coefficient (Wildman–Crippen LogP) is 3.06. The quantitative estimate of drug-likeness (QED) is 0.594. The van der Waals surface area contributed by atoms with Gasteiger partial charge in [-0.3, -0.25) is 4.90 Å². The van der Waals surface area contributed by atoms with Crippen molar-refractivity contribution in [1.29, 1.82) is 0 Å². The van der Waals surface area contributed by atoms with E-state index >= 15 is 0 Å². The molecular weight excluding hydrogens is 342 g/mol. The Morgan fingerprint density at radius 1 is 0.926 bits per heavy atom. The predicted molar refractivity (Wildman–Crippen MR) is 106 cm³/mol. The van der Waals surface area contributed by atoms with Crippen LogP contribution in [0.5, 0.6) is 0 Å². The molecule has 0 amide bonds. The van der Waals surface area contributed by atoms with Crippen LogP contribution in [0.2, 0.25) is 0 Å². The van der Waals surface area contributed by atoms with Gasteiger partial charge in [-0.25, -0.2) is 9.97 Å². The second kappa shape index (κ2) is 10.6. The summed E-state index contributed by atoms with van der Waals surface area (Å²) in [4.78, 5) is 10.5. The summed E-state index contributed by atoms with van der Waals surface area (Å²) in [5, 5.41) is 21.3. The second-order valence-electron chi connectivity index (χ2n) is 7.44. The molecule has 2 heterocycles. The largest absolute Gasteiger partial charge is 0.390 e. The molecule has 0 saturated heterocycles. The van der Waals surface area contributed by atoms with Gasteiger partial charge in [-0.1, -0.05) is 33.1 Å². The number of aromatic nitrogens is 4. The zero-order valence-electron chi connectivity index (χ0n) is 17.0. The lowest BCUT2D eigenvalue weighted by Crippen LogP contribution is -2.48. The Bertz CT molecular complexity index is 566. The number of unbranched alkanes of at least 4 members (excludes halogenated alkanes) is 1. The van der Waals surface area contributed by atoms with E-state index in [-0.39, 0.29) is 12.3 Å². The van der Waals surface area contributed by atoms with Crippen LogP contribution in [0.25, 0.3) is 0 Å². The molecule has 2 N–H and O–H groups in total. The molecule has 0 radical (unpaired) electrons. The van der Waals surface area contributed by atoms with Crippen LogP contribution in [0.4, 0.5) is 0 Å². The molecule has 0 spiro atoms. The first-order valence-electron chi connectivity index (χ1n) is 10.1. The summed E-state index contributed by atoms with van der Waals surface area (Å²) < 4.78 is 3.84. The number of imidazole rings is 2. The zero-order valence-corrected chi connectivity index (χ0v) is 17.0. The number of hydrogen-bond donors (Lipinski definition) is 2. The minimum Gasteiger partial charge on any atom is -0.390 e. The molecule has 0 fully saturated rings. The van der Waals surface area contributed by atoms with Gasteiger partial charge in [0, 0.05) is 31.3 Å². The van der Waals surface area contributed by atoms with Crippen LogP contribution in [-0.2, 0) is 0 Å².